The average Bonchev–Trinajstić information content (AvgIpc) is 2.84. The molecule has 1 aromatic carbocycles. The summed E-state index contributed by atoms with van der Waals surface area (Å²) in [5.74, 6) is -5.96. The minimum atomic E-state index is -2.73. The molecule has 0 radical (unpaired) electrons. The molecule has 3 rings (SSSR count). The molecule has 0 aromatic heterocycles. The average molecular weight is 461 g/mol. The third-order valence-corrected chi connectivity index (χ3v) is 6.35. The van der Waals surface area contributed by atoms with Crippen molar-refractivity contribution >= 4 is 64.2 Å². The number of alkyl halides is 2. The fourth-order valence-electron chi connectivity index (χ4n) is 3.09. The molecule has 146 valence electrons. The van der Waals surface area contributed by atoms with Gasteiger partial charge in [0.25, 0.3) is 11.8 Å². The van der Waals surface area contributed by atoms with Crippen LogP contribution in [0.25, 0.3) is 0 Å². The molecule has 2 aliphatic rings. The first-order valence-corrected chi connectivity index (χ1v) is 9.38. The van der Waals surface area contributed by atoms with Crippen molar-refractivity contribution in [1.82, 2.24) is 5.06 Å². The lowest BCUT2D eigenvalue weighted by Crippen LogP contribution is -2.34. The van der Waals surface area contributed by atoms with Crippen LogP contribution in [-0.4, -0.2) is 28.8 Å². The molecule has 0 unspecified atom stereocenters. The maximum atomic E-state index is 13.2. The van der Waals surface area contributed by atoms with Gasteiger partial charge in [-0.1, -0.05) is 51.5 Å². The van der Waals surface area contributed by atoms with Crippen LogP contribution in [0, 0.1) is 5.92 Å². The van der Waals surface area contributed by atoms with Gasteiger partial charge in [-0.25, -0.2) is 13.6 Å². The van der Waals surface area contributed by atoms with E-state index in [4.69, 9.17) is 51.2 Å². The van der Waals surface area contributed by atoms with E-state index in [-0.39, 0.29) is 74.3 Å². The van der Waals surface area contributed by atoms with Crippen molar-refractivity contribution in [2.75, 3.05) is 0 Å². The van der Waals surface area contributed by atoms with Crippen LogP contribution in [0.2, 0.25) is 20.1 Å². The van der Waals surface area contributed by atoms with Gasteiger partial charge in [0.1, 0.15) is 0 Å². The molecule has 0 N–H and O–H groups in total. The monoisotopic (exact) mass is 459 g/mol. The Balaban J connectivity index is 1.74. The molecule has 1 aromatic rings. The molecule has 2 amide bonds. The van der Waals surface area contributed by atoms with Crippen LogP contribution >= 0.6 is 46.4 Å². The number of carbonyl (C=O) groups is 3. The van der Waals surface area contributed by atoms with E-state index < -0.39 is 23.7 Å². The number of carbonyl (C=O) groups excluding carboxylic acids is 3. The number of rotatable bonds is 3. The predicted molar refractivity (Wildman–Crippen MR) is 94.6 cm³/mol. The molecule has 11 heteroatoms. The Labute approximate surface area is 172 Å². The fourth-order valence-corrected chi connectivity index (χ4v) is 4.10. The van der Waals surface area contributed by atoms with Gasteiger partial charge < -0.3 is 4.84 Å². The van der Waals surface area contributed by atoms with E-state index in [9.17, 15) is 23.2 Å². The minimum Gasteiger partial charge on any atom is -0.330 e. The van der Waals surface area contributed by atoms with E-state index in [1.807, 2.05) is 0 Å². The first-order chi connectivity index (χ1) is 12.5. The SMILES string of the molecule is O=C(CC1CCC(F)(F)CC1)ON1C(=O)c2c(Cl)c(Cl)c(Cl)c(Cl)c2C1=O. The zero-order valence-electron chi connectivity index (χ0n) is 13.5. The van der Waals surface area contributed by atoms with Crippen molar-refractivity contribution in [3.8, 4) is 0 Å². The molecule has 0 bridgehead atoms. The second-order valence-electron chi connectivity index (χ2n) is 6.38. The summed E-state index contributed by atoms with van der Waals surface area (Å²) >= 11 is 23.7. The molecule has 1 aliphatic carbocycles. The van der Waals surface area contributed by atoms with E-state index in [0.29, 0.717) is 0 Å². The van der Waals surface area contributed by atoms with Crippen molar-refractivity contribution in [3.63, 3.8) is 0 Å². The predicted octanol–water partition coefficient (Wildman–Crippen LogP) is 5.57. The lowest BCUT2D eigenvalue weighted by molar-refractivity contribution is -0.170. The Kier molecular flexibility index (Phi) is 5.60. The van der Waals surface area contributed by atoms with Crippen molar-refractivity contribution in [3.05, 3.63) is 31.2 Å². The lowest BCUT2D eigenvalue weighted by atomic mass is 9.85. The highest BCUT2D eigenvalue weighted by atomic mass is 35.5. The Morgan fingerprint density at radius 2 is 1.41 bits per heavy atom. The quantitative estimate of drug-likeness (QED) is 0.336. The summed E-state index contributed by atoms with van der Waals surface area (Å²) in [5, 5.41) is -0.756. The van der Waals surface area contributed by atoms with Gasteiger partial charge in [0, 0.05) is 12.8 Å². The Bertz CT molecular complexity index is 805. The molecule has 1 heterocycles. The van der Waals surface area contributed by atoms with Crippen molar-refractivity contribution < 1.29 is 28.0 Å². The fraction of sp³-hybridized carbons (Fsp3) is 0.438. The number of hydrogen-bond donors (Lipinski definition) is 0. The van der Waals surface area contributed by atoms with Crippen LogP contribution in [0.3, 0.4) is 0 Å². The third-order valence-electron chi connectivity index (χ3n) is 4.55. The number of hydroxylamine groups is 2. The van der Waals surface area contributed by atoms with Crippen LogP contribution in [0.1, 0.15) is 52.8 Å². The molecule has 0 spiro atoms. The summed E-state index contributed by atoms with van der Waals surface area (Å²) in [5.41, 5.74) is -0.627. The topological polar surface area (TPSA) is 63.7 Å². The molecule has 1 saturated carbocycles. The third kappa shape index (κ3) is 3.75. The summed E-state index contributed by atoms with van der Waals surface area (Å²) in [7, 11) is 0. The van der Waals surface area contributed by atoms with Crippen molar-refractivity contribution in [2.45, 2.75) is 38.0 Å². The van der Waals surface area contributed by atoms with E-state index in [2.05, 4.69) is 0 Å². The standard InChI is InChI=1S/C16H11Cl4F2NO4/c17-10-8-9(11(18)13(20)12(10)19)15(26)23(14(8)25)27-7(24)5-6-1-3-16(21,22)4-2-6/h6H,1-5H2. The van der Waals surface area contributed by atoms with Gasteiger partial charge >= 0.3 is 5.97 Å². The molecule has 5 nitrogen and oxygen atoms in total. The summed E-state index contributed by atoms with van der Waals surface area (Å²) in [4.78, 5) is 41.8. The number of nitrogens with zero attached hydrogens (tertiary/aromatic N) is 1. The Hall–Kier alpha value is -1.15. The smallest absolute Gasteiger partial charge is 0.330 e. The zero-order chi connectivity index (χ0) is 20.1. The van der Waals surface area contributed by atoms with Crippen LogP contribution in [0.4, 0.5) is 8.78 Å². The molecular formula is C16H11Cl4F2NO4. The largest absolute Gasteiger partial charge is 0.333 e. The van der Waals surface area contributed by atoms with E-state index in [0.717, 1.165) is 0 Å². The van der Waals surface area contributed by atoms with E-state index in [1.54, 1.807) is 0 Å². The van der Waals surface area contributed by atoms with Crippen LogP contribution < -0.4 is 0 Å². The second-order valence-corrected chi connectivity index (χ2v) is 7.89. The lowest BCUT2D eigenvalue weighted by Gasteiger charge is -2.27. The number of hydrogen-bond acceptors (Lipinski definition) is 4. The van der Waals surface area contributed by atoms with Gasteiger partial charge in [0.2, 0.25) is 5.92 Å². The number of benzene rings is 1. The number of fused-ring (bicyclic) bond motifs is 1. The van der Waals surface area contributed by atoms with Crippen LogP contribution in [0.5, 0.6) is 0 Å². The highest BCUT2D eigenvalue weighted by Crippen LogP contribution is 2.45. The highest BCUT2D eigenvalue weighted by Gasteiger charge is 2.44. The second kappa shape index (κ2) is 7.35. The highest BCUT2D eigenvalue weighted by molar-refractivity contribution is 6.55. The van der Waals surface area contributed by atoms with Crippen LogP contribution in [0.15, 0.2) is 0 Å². The van der Waals surface area contributed by atoms with E-state index in [1.165, 1.54) is 0 Å². The maximum Gasteiger partial charge on any atom is 0.333 e. The first kappa shape index (κ1) is 20.6. The maximum absolute atomic E-state index is 13.2. The van der Waals surface area contributed by atoms with Crippen molar-refractivity contribution in [2.24, 2.45) is 5.92 Å². The molecule has 27 heavy (non-hydrogen) atoms. The zero-order valence-corrected chi connectivity index (χ0v) is 16.5. The molecule has 1 fully saturated rings. The van der Waals surface area contributed by atoms with Gasteiger partial charge in [0.15, 0.2) is 0 Å². The number of imide groups is 1. The summed E-state index contributed by atoms with van der Waals surface area (Å²) < 4.78 is 26.4. The summed E-state index contributed by atoms with van der Waals surface area (Å²) in [6.45, 7) is 0. The van der Waals surface area contributed by atoms with Gasteiger partial charge in [-0.2, -0.15) is 0 Å². The minimum absolute atomic E-state index is 0.146. The molecule has 0 atom stereocenters. The normalized spacial score (nSPS) is 19.4. The number of amides is 2. The van der Waals surface area contributed by atoms with Crippen LogP contribution in [-0.2, 0) is 9.63 Å². The molecular weight excluding hydrogens is 450 g/mol. The first-order valence-electron chi connectivity index (χ1n) is 7.87. The Morgan fingerprint density at radius 3 is 1.85 bits per heavy atom. The molecule has 1 aliphatic heterocycles. The Morgan fingerprint density at radius 1 is 0.963 bits per heavy atom. The summed E-state index contributed by atoms with van der Waals surface area (Å²) in [6, 6.07) is 0. The number of halogens is 6. The van der Waals surface area contributed by atoms with Gasteiger partial charge in [-0.3, -0.25) is 9.59 Å². The van der Waals surface area contributed by atoms with Gasteiger partial charge in [0.05, 0.1) is 37.6 Å². The van der Waals surface area contributed by atoms with Gasteiger partial charge in [-0.15, -0.1) is 0 Å². The van der Waals surface area contributed by atoms with Gasteiger partial charge in [-0.05, 0) is 18.8 Å². The molecule has 0 saturated heterocycles. The van der Waals surface area contributed by atoms with Crippen molar-refractivity contribution in [1.29, 1.82) is 0 Å². The summed E-state index contributed by atoms with van der Waals surface area (Å²) in [6.07, 6.45) is -0.549. The van der Waals surface area contributed by atoms with E-state index >= 15 is 0 Å².